The van der Waals surface area contributed by atoms with Crippen molar-refractivity contribution in [1.29, 1.82) is 0 Å². The molecule has 0 amide bonds. The molecule has 1 aromatic heterocycles. The summed E-state index contributed by atoms with van der Waals surface area (Å²) >= 11 is 1.61. The number of aromatic nitrogens is 1. The smallest absolute Gasteiger partial charge is 0.191 e. The molecule has 1 heterocycles. The molecule has 23 heavy (non-hydrogen) atoms. The number of aliphatic imine (C=N–C) groups is 1. The van der Waals surface area contributed by atoms with E-state index in [-0.39, 0.29) is 24.0 Å². The Labute approximate surface area is 160 Å². The monoisotopic (exact) mass is 474 g/mol. The molecular formula is C14H27IN4O2S2. The second-order valence-electron chi connectivity index (χ2n) is 6.13. The molecule has 0 unspecified atom stereocenters. The maximum absolute atomic E-state index is 11.7. The van der Waals surface area contributed by atoms with E-state index in [0.29, 0.717) is 25.0 Å². The highest BCUT2D eigenvalue weighted by molar-refractivity contribution is 14.0. The Kier molecular flexibility index (Phi) is 9.00. The number of hydrogen-bond acceptors (Lipinski definition) is 5. The number of nitrogens with one attached hydrogen (secondary N) is 2. The Morgan fingerprint density at radius 1 is 1.39 bits per heavy atom. The molecule has 0 aliphatic heterocycles. The van der Waals surface area contributed by atoms with Crippen LogP contribution >= 0.6 is 35.3 Å². The number of thiazole rings is 1. The quantitative estimate of drug-likeness (QED) is 0.376. The maximum atomic E-state index is 11.7. The normalized spacial score (nSPS) is 12.9. The fourth-order valence-electron chi connectivity index (χ4n) is 1.48. The zero-order valence-corrected chi connectivity index (χ0v) is 18.5. The summed E-state index contributed by atoms with van der Waals surface area (Å²) in [7, 11) is -1.48. The van der Waals surface area contributed by atoms with Crippen LogP contribution in [-0.4, -0.2) is 44.0 Å². The summed E-state index contributed by atoms with van der Waals surface area (Å²) in [5.41, 5.74) is 1.09. The van der Waals surface area contributed by atoms with Crippen LogP contribution in [0.2, 0.25) is 0 Å². The van der Waals surface area contributed by atoms with Crippen LogP contribution in [0.15, 0.2) is 10.4 Å². The highest BCUT2D eigenvalue weighted by atomic mass is 127. The average molecular weight is 474 g/mol. The lowest BCUT2D eigenvalue weighted by molar-refractivity contribution is 0.544. The van der Waals surface area contributed by atoms with Gasteiger partial charge >= 0.3 is 0 Å². The zero-order chi connectivity index (χ0) is 17.0. The van der Waals surface area contributed by atoms with Crippen molar-refractivity contribution in [2.45, 2.75) is 44.9 Å². The average Bonchev–Trinajstić information content (AvgIpc) is 2.86. The zero-order valence-electron chi connectivity index (χ0n) is 14.5. The molecule has 0 radical (unpaired) electrons. The van der Waals surface area contributed by atoms with E-state index in [1.807, 2.05) is 0 Å². The highest BCUT2D eigenvalue weighted by Crippen LogP contribution is 2.17. The van der Waals surface area contributed by atoms with Crippen LogP contribution in [0.1, 0.15) is 44.3 Å². The van der Waals surface area contributed by atoms with E-state index < -0.39 is 14.6 Å². The van der Waals surface area contributed by atoms with Gasteiger partial charge in [-0.1, -0.05) is 13.8 Å². The molecule has 0 aliphatic carbocycles. The van der Waals surface area contributed by atoms with Gasteiger partial charge in [-0.3, -0.25) is 4.99 Å². The third kappa shape index (κ3) is 6.92. The topological polar surface area (TPSA) is 83.4 Å². The lowest BCUT2D eigenvalue weighted by Crippen LogP contribution is -2.47. The van der Waals surface area contributed by atoms with Gasteiger partial charge in [-0.2, -0.15) is 0 Å². The van der Waals surface area contributed by atoms with Crippen LogP contribution in [0.5, 0.6) is 0 Å². The van der Waals surface area contributed by atoms with Gasteiger partial charge in [0, 0.05) is 25.2 Å². The summed E-state index contributed by atoms with van der Waals surface area (Å²) < 4.78 is 22.5. The maximum Gasteiger partial charge on any atom is 0.191 e. The van der Waals surface area contributed by atoms with Crippen molar-refractivity contribution in [3.8, 4) is 0 Å². The molecule has 134 valence electrons. The first-order chi connectivity index (χ1) is 10.1. The molecule has 1 aromatic rings. The molecular weight excluding hydrogens is 447 g/mol. The number of nitrogens with zero attached hydrogens (tertiary/aromatic N) is 2. The molecule has 0 bridgehead atoms. The Morgan fingerprint density at radius 3 is 2.43 bits per heavy atom. The third-order valence-electron chi connectivity index (χ3n) is 3.48. The summed E-state index contributed by atoms with van der Waals surface area (Å²) in [6, 6.07) is 0. The van der Waals surface area contributed by atoms with Gasteiger partial charge in [0.15, 0.2) is 15.8 Å². The van der Waals surface area contributed by atoms with Gasteiger partial charge in [0.2, 0.25) is 0 Å². The van der Waals surface area contributed by atoms with E-state index in [1.165, 1.54) is 6.26 Å². The van der Waals surface area contributed by atoms with E-state index in [1.54, 1.807) is 32.2 Å². The molecule has 9 heteroatoms. The van der Waals surface area contributed by atoms with Crippen molar-refractivity contribution in [2.24, 2.45) is 4.99 Å². The number of halogens is 1. The predicted molar refractivity (Wildman–Crippen MR) is 109 cm³/mol. The second-order valence-corrected chi connectivity index (χ2v) is 9.72. The van der Waals surface area contributed by atoms with Crippen LogP contribution < -0.4 is 10.6 Å². The molecule has 0 aromatic carbocycles. The van der Waals surface area contributed by atoms with E-state index in [4.69, 9.17) is 0 Å². The largest absolute Gasteiger partial charge is 0.355 e. The molecule has 6 nitrogen and oxygen atoms in total. The minimum absolute atomic E-state index is 0. The van der Waals surface area contributed by atoms with E-state index in [9.17, 15) is 8.42 Å². The van der Waals surface area contributed by atoms with E-state index in [0.717, 1.165) is 10.7 Å². The van der Waals surface area contributed by atoms with Crippen molar-refractivity contribution in [1.82, 2.24) is 15.6 Å². The Hall–Kier alpha value is -0.420. The minimum atomic E-state index is -3.14. The lowest BCUT2D eigenvalue weighted by Gasteiger charge is -2.24. The Morgan fingerprint density at radius 2 is 2.00 bits per heavy atom. The van der Waals surface area contributed by atoms with Crippen LogP contribution in [0.25, 0.3) is 0 Å². The third-order valence-corrected chi connectivity index (χ3v) is 6.50. The standard InChI is InChI=1S/C14H26N4O2S2.HI/c1-10(2)11-8-21-12(18-11)7-16-13(15-5)17-9-14(3,4)22(6,19)20;/h8,10H,7,9H2,1-6H3,(H2,15,16,17);1H. The van der Waals surface area contributed by atoms with Crippen LogP contribution in [0.4, 0.5) is 0 Å². The molecule has 0 spiro atoms. The Balaban J connectivity index is 0.00000484. The van der Waals surface area contributed by atoms with Crippen molar-refractivity contribution >= 4 is 51.1 Å². The number of sulfone groups is 1. The summed E-state index contributed by atoms with van der Waals surface area (Å²) in [6.45, 7) is 8.47. The predicted octanol–water partition coefficient (Wildman–Crippen LogP) is 2.37. The van der Waals surface area contributed by atoms with Gasteiger partial charge in [-0.05, 0) is 19.8 Å². The van der Waals surface area contributed by atoms with Gasteiger partial charge in [0.1, 0.15) is 5.01 Å². The van der Waals surface area contributed by atoms with Crippen molar-refractivity contribution < 1.29 is 8.42 Å². The van der Waals surface area contributed by atoms with Gasteiger partial charge in [-0.25, -0.2) is 13.4 Å². The molecule has 0 fully saturated rings. The SMILES string of the molecule is CN=C(NCc1nc(C(C)C)cs1)NCC(C)(C)S(C)(=O)=O.I. The van der Waals surface area contributed by atoms with Crippen molar-refractivity contribution in [2.75, 3.05) is 19.8 Å². The number of rotatable bonds is 6. The first kappa shape index (κ1) is 22.6. The fraction of sp³-hybridized carbons (Fsp3) is 0.714. The van der Waals surface area contributed by atoms with Crippen molar-refractivity contribution in [3.63, 3.8) is 0 Å². The lowest BCUT2D eigenvalue weighted by atomic mass is 10.2. The molecule has 1 rings (SSSR count). The fourth-order valence-corrected chi connectivity index (χ4v) is 2.71. The first-order valence-electron chi connectivity index (χ1n) is 7.15. The van der Waals surface area contributed by atoms with Crippen LogP contribution in [0.3, 0.4) is 0 Å². The minimum Gasteiger partial charge on any atom is -0.355 e. The summed E-state index contributed by atoms with van der Waals surface area (Å²) in [5, 5.41) is 9.25. The highest BCUT2D eigenvalue weighted by Gasteiger charge is 2.30. The number of hydrogen-bond donors (Lipinski definition) is 2. The Bertz CT molecular complexity index is 624. The first-order valence-corrected chi connectivity index (χ1v) is 9.92. The van der Waals surface area contributed by atoms with Crippen molar-refractivity contribution in [3.05, 3.63) is 16.1 Å². The molecule has 0 atom stereocenters. The number of guanidine groups is 1. The van der Waals surface area contributed by atoms with Gasteiger partial charge in [0.25, 0.3) is 0 Å². The van der Waals surface area contributed by atoms with Crippen LogP contribution in [0, 0.1) is 0 Å². The summed E-state index contributed by atoms with van der Waals surface area (Å²) in [6.07, 6.45) is 1.24. The summed E-state index contributed by atoms with van der Waals surface area (Å²) in [4.78, 5) is 8.65. The van der Waals surface area contributed by atoms with Crippen LogP contribution in [-0.2, 0) is 16.4 Å². The molecule has 0 aliphatic rings. The summed E-state index contributed by atoms with van der Waals surface area (Å²) in [5.74, 6) is 0.982. The molecule has 2 N–H and O–H groups in total. The van der Waals surface area contributed by atoms with Gasteiger partial charge in [0.05, 0.1) is 17.0 Å². The van der Waals surface area contributed by atoms with E-state index in [2.05, 4.69) is 39.8 Å². The van der Waals surface area contributed by atoms with E-state index >= 15 is 0 Å². The second kappa shape index (κ2) is 9.16. The molecule has 0 saturated carbocycles. The van der Waals surface area contributed by atoms with Gasteiger partial charge < -0.3 is 10.6 Å². The molecule has 0 saturated heterocycles. The van der Waals surface area contributed by atoms with Gasteiger partial charge in [-0.15, -0.1) is 35.3 Å².